The van der Waals surface area contributed by atoms with Crippen LogP contribution in [0.2, 0.25) is 0 Å². The lowest BCUT2D eigenvalue weighted by Crippen LogP contribution is -2.31. The third-order valence-corrected chi connectivity index (χ3v) is 5.48. The molecule has 2 nitrogen and oxygen atoms in total. The van der Waals surface area contributed by atoms with Gasteiger partial charge in [0.2, 0.25) is 0 Å². The van der Waals surface area contributed by atoms with Crippen molar-refractivity contribution < 1.29 is 9.84 Å². The molecule has 116 valence electrons. The van der Waals surface area contributed by atoms with Gasteiger partial charge < -0.3 is 9.84 Å². The number of hydrogen-bond acceptors (Lipinski definition) is 2. The monoisotopic (exact) mass is 288 g/mol. The Morgan fingerprint density at radius 1 is 1.24 bits per heavy atom. The van der Waals surface area contributed by atoms with Crippen LogP contribution in [0.3, 0.4) is 0 Å². The van der Waals surface area contributed by atoms with Crippen molar-refractivity contribution in [3.8, 4) is 0 Å². The lowest BCUT2D eigenvalue weighted by molar-refractivity contribution is -0.0229. The average molecular weight is 288 g/mol. The molecule has 1 aliphatic carbocycles. The number of hydrogen-bond donors (Lipinski definition) is 1. The minimum atomic E-state index is -0.225. The molecular weight excluding hydrogens is 260 g/mol. The summed E-state index contributed by atoms with van der Waals surface area (Å²) in [4.78, 5) is 0. The van der Waals surface area contributed by atoms with Crippen LogP contribution in [0.5, 0.6) is 0 Å². The molecule has 1 heterocycles. The van der Waals surface area contributed by atoms with Crippen LogP contribution in [0, 0.1) is 11.3 Å². The zero-order chi connectivity index (χ0) is 14.9. The highest BCUT2D eigenvalue weighted by atomic mass is 16.5. The van der Waals surface area contributed by atoms with Crippen LogP contribution in [-0.2, 0) is 11.2 Å². The maximum Gasteiger partial charge on any atom is 0.0852 e. The second-order valence-electron chi connectivity index (χ2n) is 7.61. The Morgan fingerprint density at radius 3 is 2.71 bits per heavy atom. The zero-order valence-corrected chi connectivity index (χ0v) is 13.3. The van der Waals surface area contributed by atoms with Crippen LogP contribution >= 0.6 is 0 Å². The molecule has 0 amide bonds. The molecule has 1 aromatic carbocycles. The molecule has 0 radical (unpaired) electrons. The number of rotatable bonds is 3. The third kappa shape index (κ3) is 3.49. The number of aliphatic hydroxyl groups is 1. The Bertz CT molecular complexity index is 470. The molecule has 2 unspecified atom stereocenters. The molecule has 1 N–H and O–H groups in total. The van der Waals surface area contributed by atoms with E-state index in [-0.39, 0.29) is 12.2 Å². The maximum atomic E-state index is 10.6. The Balaban J connectivity index is 1.62. The average Bonchev–Trinajstić information content (AvgIpc) is 2.47. The van der Waals surface area contributed by atoms with Crippen LogP contribution in [-0.4, -0.2) is 17.8 Å². The van der Waals surface area contributed by atoms with Crippen LogP contribution < -0.4 is 0 Å². The summed E-state index contributed by atoms with van der Waals surface area (Å²) in [6.07, 6.45) is 6.39. The molecule has 1 fully saturated rings. The van der Waals surface area contributed by atoms with Crippen LogP contribution in [0.1, 0.15) is 63.2 Å². The summed E-state index contributed by atoms with van der Waals surface area (Å²) in [6.45, 7) is 5.47. The molecule has 2 atom stereocenters. The van der Waals surface area contributed by atoms with Crippen molar-refractivity contribution >= 4 is 0 Å². The maximum absolute atomic E-state index is 10.6. The highest BCUT2D eigenvalue weighted by Gasteiger charge is 2.33. The van der Waals surface area contributed by atoms with E-state index in [2.05, 4.69) is 38.1 Å². The summed E-state index contributed by atoms with van der Waals surface area (Å²) in [5.74, 6) is 0.454. The minimum absolute atomic E-state index is 0.0832. The van der Waals surface area contributed by atoms with Gasteiger partial charge in [0, 0.05) is 6.42 Å². The van der Waals surface area contributed by atoms with Gasteiger partial charge in [0.25, 0.3) is 0 Å². The van der Waals surface area contributed by atoms with E-state index in [1.54, 1.807) is 0 Å². The predicted octanol–water partition coefficient (Wildman–Crippen LogP) is 4.27. The Kier molecular flexibility index (Phi) is 4.37. The van der Waals surface area contributed by atoms with Gasteiger partial charge in [-0.1, -0.05) is 38.1 Å². The summed E-state index contributed by atoms with van der Waals surface area (Å²) in [5.41, 5.74) is 3.15. The molecule has 1 saturated carbocycles. The van der Waals surface area contributed by atoms with E-state index in [1.807, 2.05) is 0 Å². The van der Waals surface area contributed by atoms with E-state index in [0.717, 1.165) is 32.3 Å². The lowest BCUT2D eigenvalue weighted by atomic mass is 9.71. The fraction of sp³-hybridized carbons (Fsp3) is 0.684. The van der Waals surface area contributed by atoms with Crippen molar-refractivity contribution in [1.82, 2.24) is 0 Å². The standard InChI is InChI=1S/C19H28O2/c1-19(2)10-7-15(8-11-19)17(20)13-18-16-6-4-3-5-14(16)9-12-21-18/h3-6,15,17-18,20H,7-13H2,1-2H3. The Hall–Kier alpha value is -0.860. The van der Waals surface area contributed by atoms with Gasteiger partial charge in [0.15, 0.2) is 0 Å². The largest absolute Gasteiger partial charge is 0.393 e. The highest BCUT2D eigenvalue weighted by molar-refractivity contribution is 5.30. The highest BCUT2D eigenvalue weighted by Crippen LogP contribution is 2.41. The first-order chi connectivity index (χ1) is 10.1. The topological polar surface area (TPSA) is 29.5 Å². The molecule has 2 aliphatic rings. The second-order valence-corrected chi connectivity index (χ2v) is 7.61. The van der Waals surface area contributed by atoms with Gasteiger partial charge in [-0.15, -0.1) is 0 Å². The zero-order valence-electron chi connectivity index (χ0n) is 13.3. The molecule has 0 saturated heterocycles. The van der Waals surface area contributed by atoms with E-state index in [9.17, 15) is 5.11 Å². The van der Waals surface area contributed by atoms with Crippen molar-refractivity contribution in [3.05, 3.63) is 35.4 Å². The van der Waals surface area contributed by atoms with Gasteiger partial charge in [0.1, 0.15) is 0 Å². The molecule has 21 heavy (non-hydrogen) atoms. The van der Waals surface area contributed by atoms with Gasteiger partial charge in [-0.3, -0.25) is 0 Å². The van der Waals surface area contributed by atoms with Gasteiger partial charge in [-0.25, -0.2) is 0 Å². The predicted molar refractivity (Wildman–Crippen MR) is 85.2 cm³/mol. The number of aliphatic hydroxyl groups excluding tert-OH is 1. The molecule has 0 bridgehead atoms. The SMILES string of the molecule is CC1(C)CCC(C(O)CC2OCCc3ccccc32)CC1. The molecular formula is C19H28O2. The first kappa shape index (κ1) is 15.1. The van der Waals surface area contributed by atoms with E-state index in [4.69, 9.17) is 4.74 Å². The Labute approximate surface area is 128 Å². The van der Waals surface area contributed by atoms with E-state index >= 15 is 0 Å². The van der Waals surface area contributed by atoms with Gasteiger partial charge in [0.05, 0.1) is 18.8 Å². The molecule has 1 aromatic rings. The van der Waals surface area contributed by atoms with E-state index in [1.165, 1.54) is 24.0 Å². The molecule has 2 heteroatoms. The van der Waals surface area contributed by atoms with Gasteiger partial charge >= 0.3 is 0 Å². The van der Waals surface area contributed by atoms with Gasteiger partial charge in [-0.2, -0.15) is 0 Å². The molecule has 3 rings (SSSR count). The van der Waals surface area contributed by atoms with E-state index < -0.39 is 0 Å². The first-order valence-electron chi connectivity index (χ1n) is 8.43. The minimum Gasteiger partial charge on any atom is -0.393 e. The summed E-state index contributed by atoms with van der Waals surface area (Å²) in [5, 5.41) is 10.6. The summed E-state index contributed by atoms with van der Waals surface area (Å²) in [6, 6.07) is 8.53. The normalized spacial score (nSPS) is 27.1. The quantitative estimate of drug-likeness (QED) is 0.900. The number of ether oxygens (including phenoxy) is 1. The molecule has 0 spiro atoms. The summed E-state index contributed by atoms with van der Waals surface area (Å²) >= 11 is 0. The number of benzene rings is 1. The lowest BCUT2D eigenvalue weighted by Gasteiger charge is -2.37. The smallest absolute Gasteiger partial charge is 0.0852 e. The van der Waals surface area contributed by atoms with E-state index in [0.29, 0.717) is 11.3 Å². The van der Waals surface area contributed by atoms with Crippen molar-refractivity contribution in [2.45, 2.75) is 64.6 Å². The van der Waals surface area contributed by atoms with Gasteiger partial charge in [-0.05, 0) is 54.6 Å². The first-order valence-corrected chi connectivity index (χ1v) is 8.43. The second kappa shape index (κ2) is 6.10. The number of fused-ring (bicyclic) bond motifs is 1. The Morgan fingerprint density at radius 2 is 1.95 bits per heavy atom. The van der Waals surface area contributed by atoms with Crippen LogP contribution in [0.25, 0.3) is 0 Å². The molecule has 0 aromatic heterocycles. The fourth-order valence-electron chi connectivity index (χ4n) is 3.89. The molecule has 1 aliphatic heterocycles. The van der Waals surface area contributed by atoms with Crippen molar-refractivity contribution in [1.29, 1.82) is 0 Å². The third-order valence-electron chi connectivity index (χ3n) is 5.48. The fourth-order valence-corrected chi connectivity index (χ4v) is 3.89. The summed E-state index contributed by atoms with van der Waals surface area (Å²) < 4.78 is 5.95. The van der Waals surface area contributed by atoms with Crippen molar-refractivity contribution in [2.75, 3.05) is 6.61 Å². The summed E-state index contributed by atoms with van der Waals surface area (Å²) in [7, 11) is 0. The van der Waals surface area contributed by atoms with Crippen molar-refractivity contribution in [2.24, 2.45) is 11.3 Å². The van der Waals surface area contributed by atoms with Crippen LogP contribution in [0.15, 0.2) is 24.3 Å². The van der Waals surface area contributed by atoms with Crippen molar-refractivity contribution in [3.63, 3.8) is 0 Å². The van der Waals surface area contributed by atoms with Crippen LogP contribution in [0.4, 0.5) is 0 Å².